The number of hydrogen-bond acceptors (Lipinski definition) is 3. The van der Waals surface area contributed by atoms with Crippen LogP contribution in [0.4, 0.5) is 0 Å². The van der Waals surface area contributed by atoms with Crippen LogP contribution in [0.5, 0.6) is 11.5 Å². The van der Waals surface area contributed by atoms with Crippen LogP contribution in [0.3, 0.4) is 0 Å². The van der Waals surface area contributed by atoms with Crippen LogP contribution in [0.2, 0.25) is 0 Å². The predicted octanol–water partition coefficient (Wildman–Crippen LogP) is 3.33. The number of rotatable bonds is 6. The van der Waals surface area contributed by atoms with Crippen molar-refractivity contribution in [3.63, 3.8) is 0 Å². The van der Waals surface area contributed by atoms with Crippen LogP contribution < -0.4 is 20.1 Å². The summed E-state index contributed by atoms with van der Waals surface area (Å²) in [6.45, 7) is 1.34. The van der Waals surface area contributed by atoms with E-state index in [-0.39, 0.29) is 0 Å². The summed E-state index contributed by atoms with van der Waals surface area (Å²) in [4.78, 5) is 4.24. The quantitative estimate of drug-likeness (QED) is 0.585. The summed E-state index contributed by atoms with van der Waals surface area (Å²) in [5, 5.41) is 6.59. The molecule has 0 aromatic heterocycles. The Bertz CT molecular complexity index is 690. The number of methoxy groups -OCH3 is 2. The number of guanidine groups is 1. The molecule has 0 amide bonds. The van der Waals surface area contributed by atoms with Gasteiger partial charge in [-0.2, -0.15) is 0 Å². The number of ether oxygens (including phenoxy) is 2. The van der Waals surface area contributed by atoms with E-state index in [1.165, 1.54) is 5.56 Å². The van der Waals surface area contributed by atoms with Gasteiger partial charge in [0.2, 0.25) is 0 Å². The summed E-state index contributed by atoms with van der Waals surface area (Å²) in [5.41, 5.74) is 2.26. The molecule has 128 valence electrons. The lowest BCUT2D eigenvalue weighted by molar-refractivity contribution is 0.352. The van der Waals surface area contributed by atoms with Crippen molar-refractivity contribution in [2.75, 3.05) is 21.3 Å². The minimum atomic E-state index is 0.618. The maximum Gasteiger partial charge on any atom is 0.191 e. The zero-order valence-corrected chi connectivity index (χ0v) is 15.7. The second-order valence-corrected chi connectivity index (χ2v) is 5.93. The van der Waals surface area contributed by atoms with Gasteiger partial charge in [0, 0.05) is 20.1 Å². The number of hydrogen-bond donors (Lipinski definition) is 2. The fraction of sp³-hybridized carbons (Fsp3) is 0.278. The maximum atomic E-state index is 5.37. The Morgan fingerprint density at radius 1 is 1.00 bits per heavy atom. The monoisotopic (exact) mass is 391 g/mol. The van der Waals surface area contributed by atoms with Crippen molar-refractivity contribution in [2.24, 2.45) is 4.99 Å². The van der Waals surface area contributed by atoms with Gasteiger partial charge in [0.1, 0.15) is 0 Å². The molecule has 0 radical (unpaired) electrons. The number of halogens is 1. The molecule has 2 N–H and O–H groups in total. The Labute approximate surface area is 151 Å². The van der Waals surface area contributed by atoms with Crippen molar-refractivity contribution in [1.29, 1.82) is 0 Å². The van der Waals surface area contributed by atoms with Crippen LogP contribution in [-0.4, -0.2) is 27.2 Å². The molecule has 0 aliphatic heterocycles. The summed E-state index contributed by atoms with van der Waals surface area (Å²) in [6, 6.07) is 14.1. The standard InChI is InChI=1S/C18H22BrN3O2/c1-20-18(21-11-13-7-5-4-6-8-13)22-12-14-9-15(19)17(24-3)16(10-14)23-2/h4-10H,11-12H2,1-3H3,(H2,20,21,22). The molecular weight excluding hydrogens is 370 g/mol. The largest absolute Gasteiger partial charge is 0.493 e. The van der Waals surface area contributed by atoms with Gasteiger partial charge in [-0.3, -0.25) is 4.99 Å². The van der Waals surface area contributed by atoms with E-state index in [1.54, 1.807) is 21.3 Å². The van der Waals surface area contributed by atoms with Gasteiger partial charge >= 0.3 is 0 Å². The molecule has 5 nitrogen and oxygen atoms in total. The van der Waals surface area contributed by atoms with Crippen LogP contribution in [0, 0.1) is 0 Å². The third kappa shape index (κ3) is 4.89. The number of nitrogens with zero attached hydrogens (tertiary/aromatic N) is 1. The fourth-order valence-electron chi connectivity index (χ4n) is 2.26. The third-order valence-corrected chi connectivity index (χ3v) is 4.07. The molecule has 0 aliphatic carbocycles. The minimum absolute atomic E-state index is 0.618. The normalized spacial score (nSPS) is 11.1. The van der Waals surface area contributed by atoms with Gasteiger partial charge in [-0.15, -0.1) is 0 Å². The van der Waals surface area contributed by atoms with E-state index in [4.69, 9.17) is 9.47 Å². The SMILES string of the molecule is CN=C(NCc1ccccc1)NCc1cc(Br)c(OC)c(OC)c1. The van der Waals surface area contributed by atoms with E-state index in [1.807, 2.05) is 30.3 Å². The average Bonchev–Trinajstić information content (AvgIpc) is 2.62. The van der Waals surface area contributed by atoms with Crippen molar-refractivity contribution in [3.05, 3.63) is 58.1 Å². The van der Waals surface area contributed by atoms with E-state index in [0.717, 1.165) is 22.5 Å². The number of nitrogens with one attached hydrogen (secondary N) is 2. The summed E-state index contributed by atoms with van der Waals surface area (Å²) < 4.78 is 11.6. The first-order valence-electron chi connectivity index (χ1n) is 7.56. The Kier molecular flexibility index (Phi) is 6.93. The number of aliphatic imine (C=N–C) groups is 1. The molecule has 2 aromatic carbocycles. The smallest absolute Gasteiger partial charge is 0.191 e. The zero-order chi connectivity index (χ0) is 17.4. The lowest BCUT2D eigenvalue weighted by atomic mass is 10.2. The second-order valence-electron chi connectivity index (χ2n) is 5.08. The van der Waals surface area contributed by atoms with Crippen LogP contribution in [0.15, 0.2) is 51.9 Å². The van der Waals surface area contributed by atoms with E-state index >= 15 is 0 Å². The molecule has 0 aliphatic rings. The van der Waals surface area contributed by atoms with Crippen LogP contribution in [0.25, 0.3) is 0 Å². The Morgan fingerprint density at radius 3 is 2.25 bits per heavy atom. The van der Waals surface area contributed by atoms with Gasteiger partial charge in [0.25, 0.3) is 0 Å². The van der Waals surface area contributed by atoms with E-state index < -0.39 is 0 Å². The highest BCUT2D eigenvalue weighted by Crippen LogP contribution is 2.36. The number of benzene rings is 2. The Morgan fingerprint density at radius 2 is 1.67 bits per heavy atom. The molecule has 0 fully saturated rings. The highest BCUT2D eigenvalue weighted by Gasteiger charge is 2.10. The van der Waals surface area contributed by atoms with Crippen LogP contribution >= 0.6 is 15.9 Å². The molecule has 2 rings (SSSR count). The Balaban J connectivity index is 1.97. The highest BCUT2D eigenvalue weighted by atomic mass is 79.9. The molecule has 0 saturated heterocycles. The van der Waals surface area contributed by atoms with Gasteiger partial charge in [0.05, 0.1) is 18.7 Å². The first-order valence-corrected chi connectivity index (χ1v) is 8.36. The molecular formula is C18H22BrN3O2. The summed E-state index contributed by atoms with van der Waals surface area (Å²) in [6.07, 6.45) is 0. The van der Waals surface area contributed by atoms with Crippen molar-refractivity contribution < 1.29 is 9.47 Å². The van der Waals surface area contributed by atoms with Crippen molar-refractivity contribution in [2.45, 2.75) is 13.1 Å². The van der Waals surface area contributed by atoms with Crippen molar-refractivity contribution in [3.8, 4) is 11.5 Å². The van der Waals surface area contributed by atoms with E-state index in [9.17, 15) is 0 Å². The molecule has 2 aromatic rings. The van der Waals surface area contributed by atoms with Crippen LogP contribution in [-0.2, 0) is 13.1 Å². The minimum Gasteiger partial charge on any atom is -0.493 e. The molecule has 0 saturated carbocycles. The van der Waals surface area contributed by atoms with E-state index in [2.05, 4.69) is 43.7 Å². The van der Waals surface area contributed by atoms with Gasteiger partial charge in [-0.1, -0.05) is 30.3 Å². The molecule has 0 atom stereocenters. The van der Waals surface area contributed by atoms with Crippen molar-refractivity contribution >= 4 is 21.9 Å². The second kappa shape index (κ2) is 9.17. The van der Waals surface area contributed by atoms with Gasteiger partial charge < -0.3 is 20.1 Å². The molecule has 0 heterocycles. The van der Waals surface area contributed by atoms with Gasteiger partial charge in [0.15, 0.2) is 17.5 Å². The van der Waals surface area contributed by atoms with E-state index in [0.29, 0.717) is 18.0 Å². The fourth-order valence-corrected chi connectivity index (χ4v) is 2.91. The third-order valence-electron chi connectivity index (χ3n) is 3.48. The van der Waals surface area contributed by atoms with Gasteiger partial charge in [-0.25, -0.2) is 0 Å². The molecule has 6 heteroatoms. The molecule has 0 bridgehead atoms. The summed E-state index contributed by atoms with van der Waals surface area (Å²) in [5.74, 6) is 2.12. The highest BCUT2D eigenvalue weighted by molar-refractivity contribution is 9.10. The predicted molar refractivity (Wildman–Crippen MR) is 101 cm³/mol. The first-order chi connectivity index (χ1) is 11.7. The summed E-state index contributed by atoms with van der Waals surface area (Å²) >= 11 is 3.51. The lowest BCUT2D eigenvalue weighted by Crippen LogP contribution is -2.36. The Hall–Kier alpha value is -2.21. The zero-order valence-electron chi connectivity index (χ0n) is 14.1. The maximum absolute atomic E-state index is 5.37. The average molecular weight is 392 g/mol. The van der Waals surface area contributed by atoms with Gasteiger partial charge in [-0.05, 0) is 39.2 Å². The van der Waals surface area contributed by atoms with Crippen molar-refractivity contribution in [1.82, 2.24) is 10.6 Å². The molecule has 0 spiro atoms. The summed E-state index contributed by atoms with van der Waals surface area (Å²) in [7, 11) is 5.00. The molecule has 24 heavy (non-hydrogen) atoms. The topological polar surface area (TPSA) is 54.9 Å². The lowest BCUT2D eigenvalue weighted by Gasteiger charge is -2.14. The molecule has 0 unspecified atom stereocenters. The van der Waals surface area contributed by atoms with Crippen LogP contribution in [0.1, 0.15) is 11.1 Å². The first kappa shape index (κ1) is 18.1.